The molecule has 5 nitrogen and oxygen atoms in total. The second-order valence-corrected chi connectivity index (χ2v) is 2.83. The van der Waals surface area contributed by atoms with Gasteiger partial charge in [-0.05, 0) is 13.3 Å². The van der Waals surface area contributed by atoms with E-state index >= 15 is 0 Å². The van der Waals surface area contributed by atoms with Gasteiger partial charge in [0.05, 0.1) is 25.9 Å². The standard InChI is InChI=1S/C10H17NO4/c1-3-15-10(12)9(8-11)4-5-14-7-6-13-2/h9H,3-7H2,1-2H3. The van der Waals surface area contributed by atoms with Crippen molar-refractivity contribution in [3.63, 3.8) is 0 Å². The molecule has 86 valence electrons. The molecule has 1 atom stereocenters. The quantitative estimate of drug-likeness (QED) is 0.441. The monoisotopic (exact) mass is 215 g/mol. The molecule has 0 N–H and O–H groups in total. The number of carbonyl (C=O) groups is 1. The van der Waals surface area contributed by atoms with Gasteiger partial charge in [0.1, 0.15) is 5.92 Å². The summed E-state index contributed by atoms with van der Waals surface area (Å²) in [7, 11) is 1.58. The maximum atomic E-state index is 11.2. The van der Waals surface area contributed by atoms with E-state index in [9.17, 15) is 4.79 Å². The van der Waals surface area contributed by atoms with Crippen LogP contribution in [0, 0.1) is 17.2 Å². The van der Waals surface area contributed by atoms with Crippen molar-refractivity contribution in [2.75, 3.05) is 33.5 Å². The number of nitriles is 1. The Labute approximate surface area is 89.9 Å². The number of rotatable bonds is 8. The van der Waals surface area contributed by atoms with E-state index in [2.05, 4.69) is 0 Å². The van der Waals surface area contributed by atoms with Crippen molar-refractivity contribution in [3.8, 4) is 6.07 Å². The fourth-order valence-electron chi connectivity index (χ4n) is 0.923. The van der Waals surface area contributed by atoms with E-state index in [1.165, 1.54) is 0 Å². The van der Waals surface area contributed by atoms with Crippen LogP contribution in [-0.4, -0.2) is 39.5 Å². The molecule has 15 heavy (non-hydrogen) atoms. The average molecular weight is 215 g/mol. The number of esters is 1. The van der Waals surface area contributed by atoms with Crippen LogP contribution in [0.4, 0.5) is 0 Å². The smallest absolute Gasteiger partial charge is 0.323 e. The van der Waals surface area contributed by atoms with Gasteiger partial charge >= 0.3 is 5.97 Å². The number of hydrogen-bond acceptors (Lipinski definition) is 5. The van der Waals surface area contributed by atoms with Gasteiger partial charge < -0.3 is 14.2 Å². The van der Waals surface area contributed by atoms with Crippen LogP contribution in [0.5, 0.6) is 0 Å². The molecular formula is C10H17NO4. The average Bonchev–Trinajstić information content (AvgIpc) is 2.23. The first-order chi connectivity index (χ1) is 7.26. The zero-order valence-electron chi connectivity index (χ0n) is 9.19. The molecule has 0 spiro atoms. The fourth-order valence-corrected chi connectivity index (χ4v) is 0.923. The van der Waals surface area contributed by atoms with Crippen molar-refractivity contribution in [1.82, 2.24) is 0 Å². The summed E-state index contributed by atoms with van der Waals surface area (Å²) < 4.78 is 14.7. The molecule has 0 aliphatic carbocycles. The molecule has 0 radical (unpaired) electrons. The summed E-state index contributed by atoms with van der Waals surface area (Å²) in [6, 6.07) is 1.89. The number of hydrogen-bond donors (Lipinski definition) is 0. The topological polar surface area (TPSA) is 68.6 Å². The lowest BCUT2D eigenvalue weighted by Gasteiger charge is -2.08. The summed E-state index contributed by atoms with van der Waals surface area (Å²) >= 11 is 0. The van der Waals surface area contributed by atoms with Gasteiger partial charge in [0.15, 0.2) is 0 Å². The number of methoxy groups -OCH3 is 1. The van der Waals surface area contributed by atoms with Gasteiger partial charge in [0, 0.05) is 13.7 Å². The summed E-state index contributed by atoms with van der Waals surface area (Å²) in [4.78, 5) is 11.2. The van der Waals surface area contributed by atoms with Crippen LogP contribution in [0.2, 0.25) is 0 Å². The maximum absolute atomic E-state index is 11.2. The molecule has 0 fully saturated rings. The Balaban J connectivity index is 3.62. The molecule has 0 rings (SSSR count). The minimum absolute atomic E-state index is 0.293. The number of carbonyl (C=O) groups excluding carboxylic acids is 1. The Morgan fingerprint density at radius 1 is 1.40 bits per heavy atom. The van der Waals surface area contributed by atoms with Crippen molar-refractivity contribution < 1.29 is 19.0 Å². The Morgan fingerprint density at radius 3 is 2.67 bits per heavy atom. The van der Waals surface area contributed by atoms with Crippen LogP contribution in [-0.2, 0) is 19.0 Å². The van der Waals surface area contributed by atoms with Gasteiger partial charge in [-0.3, -0.25) is 4.79 Å². The van der Waals surface area contributed by atoms with E-state index in [1.54, 1.807) is 14.0 Å². The fraction of sp³-hybridized carbons (Fsp3) is 0.800. The first kappa shape index (κ1) is 13.9. The lowest BCUT2D eigenvalue weighted by atomic mass is 10.1. The predicted molar refractivity (Wildman–Crippen MR) is 53.0 cm³/mol. The molecule has 0 aliphatic heterocycles. The summed E-state index contributed by atoms with van der Waals surface area (Å²) in [6.07, 6.45) is 0.360. The Kier molecular flexibility index (Phi) is 8.73. The van der Waals surface area contributed by atoms with Crippen LogP contribution in [0.15, 0.2) is 0 Å². The van der Waals surface area contributed by atoms with E-state index in [1.807, 2.05) is 6.07 Å². The second kappa shape index (κ2) is 9.44. The van der Waals surface area contributed by atoms with E-state index in [0.29, 0.717) is 32.8 Å². The van der Waals surface area contributed by atoms with Crippen molar-refractivity contribution in [2.24, 2.45) is 5.92 Å². The highest BCUT2D eigenvalue weighted by Gasteiger charge is 2.18. The van der Waals surface area contributed by atoms with Crippen molar-refractivity contribution >= 4 is 5.97 Å². The summed E-state index contributed by atoms with van der Waals surface area (Å²) in [5, 5.41) is 8.69. The first-order valence-electron chi connectivity index (χ1n) is 4.89. The zero-order valence-corrected chi connectivity index (χ0v) is 9.19. The molecule has 0 bridgehead atoms. The Bertz CT molecular complexity index is 212. The molecule has 0 amide bonds. The highest BCUT2D eigenvalue weighted by atomic mass is 16.5. The highest BCUT2D eigenvalue weighted by Crippen LogP contribution is 2.04. The highest BCUT2D eigenvalue weighted by molar-refractivity contribution is 5.75. The van der Waals surface area contributed by atoms with E-state index < -0.39 is 11.9 Å². The lowest BCUT2D eigenvalue weighted by molar-refractivity contribution is -0.146. The number of ether oxygens (including phenoxy) is 3. The largest absolute Gasteiger partial charge is 0.465 e. The van der Waals surface area contributed by atoms with Crippen LogP contribution in [0.3, 0.4) is 0 Å². The Morgan fingerprint density at radius 2 is 2.13 bits per heavy atom. The molecule has 1 unspecified atom stereocenters. The van der Waals surface area contributed by atoms with E-state index in [4.69, 9.17) is 19.5 Å². The van der Waals surface area contributed by atoms with Crippen LogP contribution >= 0.6 is 0 Å². The van der Waals surface area contributed by atoms with Gasteiger partial charge in [0.2, 0.25) is 0 Å². The molecule has 0 aliphatic rings. The lowest BCUT2D eigenvalue weighted by Crippen LogP contribution is -2.18. The molecule has 0 aromatic rings. The SMILES string of the molecule is CCOC(=O)C(C#N)CCOCCOC. The third-order valence-corrected chi connectivity index (χ3v) is 1.71. The van der Waals surface area contributed by atoms with Crippen LogP contribution < -0.4 is 0 Å². The third kappa shape index (κ3) is 6.89. The summed E-state index contributed by atoms with van der Waals surface area (Å²) in [6.45, 7) is 3.34. The van der Waals surface area contributed by atoms with Crippen LogP contribution in [0.25, 0.3) is 0 Å². The summed E-state index contributed by atoms with van der Waals surface area (Å²) in [5.74, 6) is -1.21. The molecule has 0 saturated heterocycles. The molecule has 5 heteroatoms. The van der Waals surface area contributed by atoms with Gasteiger partial charge in [-0.25, -0.2) is 0 Å². The van der Waals surface area contributed by atoms with Gasteiger partial charge in [-0.1, -0.05) is 0 Å². The third-order valence-electron chi connectivity index (χ3n) is 1.71. The minimum atomic E-state index is -0.729. The van der Waals surface area contributed by atoms with Crippen molar-refractivity contribution in [3.05, 3.63) is 0 Å². The van der Waals surface area contributed by atoms with Gasteiger partial charge in [-0.2, -0.15) is 5.26 Å². The first-order valence-corrected chi connectivity index (χ1v) is 4.89. The maximum Gasteiger partial charge on any atom is 0.323 e. The molecular weight excluding hydrogens is 198 g/mol. The molecule has 0 aromatic heterocycles. The van der Waals surface area contributed by atoms with E-state index in [0.717, 1.165) is 0 Å². The predicted octanol–water partition coefficient (Wildman–Crippen LogP) is 0.742. The number of nitrogens with zero attached hydrogens (tertiary/aromatic N) is 1. The van der Waals surface area contributed by atoms with Gasteiger partial charge in [-0.15, -0.1) is 0 Å². The van der Waals surface area contributed by atoms with Crippen molar-refractivity contribution in [1.29, 1.82) is 5.26 Å². The molecule has 0 saturated carbocycles. The zero-order chi connectivity index (χ0) is 11.5. The normalized spacial score (nSPS) is 11.8. The van der Waals surface area contributed by atoms with Crippen molar-refractivity contribution in [2.45, 2.75) is 13.3 Å². The van der Waals surface area contributed by atoms with E-state index in [-0.39, 0.29) is 0 Å². The summed E-state index contributed by atoms with van der Waals surface area (Å²) in [5.41, 5.74) is 0. The molecule has 0 heterocycles. The minimum Gasteiger partial charge on any atom is -0.465 e. The van der Waals surface area contributed by atoms with Gasteiger partial charge in [0.25, 0.3) is 0 Å². The molecule has 0 aromatic carbocycles. The second-order valence-electron chi connectivity index (χ2n) is 2.83. The Hall–Kier alpha value is -1.12. The van der Waals surface area contributed by atoms with Crippen LogP contribution in [0.1, 0.15) is 13.3 Å².